The van der Waals surface area contributed by atoms with Gasteiger partial charge < -0.3 is 10.4 Å². The van der Waals surface area contributed by atoms with E-state index in [0.29, 0.717) is 19.5 Å². The van der Waals surface area contributed by atoms with Crippen molar-refractivity contribution in [3.63, 3.8) is 0 Å². The van der Waals surface area contributed by atoms with Crippen molar-refractivity contribution < 1.29 is 14.7 Å². The van der Waals surface area contributed by atoms with E-state index in [4.69, 9.17) is 5.11 Å². The first-order chi connectivity index (χ1) is 9.95. The largest absolute Gasteiger partial charge is 0.481 e. The highest BCUT2D eigenvalue weighted by molar-refractivity contribution is 9.10. The molecule has 2 atom stereocenters. The zero-order valence-corrected chi connectivity index (χ0v) is 13.5. The van der Waals surface area contributed by atoms with Crippen LogP contribution in [0.1, 0.15) is 24.9 Å². The van der Waals surface area contributed by atoms with Gasteiger partial charge in [-0.25, -0.2) is 0 Å². The Labute approximate surface area is 132 Å². The molecular weight excluding hydrogens is 336 g/mol. The van der Waals surface area contributed by atoms with E-state index in [1.54, 1.807) is 0 Å². The molecular formula is C15H19BrN2O3. The van der Waals surface area contributed by atoms with Gasteiger partial charge in [0.2, 0.25) is 5.91 Å². The number of carbonyl (C=O) groups excluding carboxylic acids is 1. The number of nitrogens with zero attached hydrogens (tertiary/aromatic N) is 1. The average Bonchev–Trinajstić information content (AvgIpc) is 2.87. The number of carboxylic acids is 1. The number of rotatable bonds is 5. The molecule has 5 nitrogen and oxygen atoms in total. The van der Waals surface area contributed by atoms with Crippen LogP contribution in [0.4, 0.5) is 0 Å². The first-order valence-corrected chi connectivity index (χ1v) is 7.75. The predicted octanol–water partition coefficient (Wildman–Crippen LogP) is 2.03. The second-order valence-corrected chi connectivity index (χ2v) is 6.32. The summed E-state index contributed by atoms with van der Waals surface area (Å²) in [5.74, 6) is -1.20. The number of halogens is 1. The monoisotopic (exact) mass is 354 g/mol. The Morgan fingerprint density at radius 2 is 2.10 bits per heavy atom. The molecule has 1 amide bonds. The predicted molar refractivity (Wildman–Crippen MR) is 82.9 cm³/mol. The van der Waals surface area contributed by atoms with E-state index in [1.807, 2.05) is 36.1 Å². The van der Waals surface area contributed by atoms with Gasteiger partial charge in [-0.3, -0.25) is 14.5 Å². The number of hydrogen-bond donors (Lipinski definition) is 2. The lowest BCUT2D eigenvalue weighted by Crippen LogP contribution is -2.37. The van der Waals surface area contributed by atoms with Crippen molar-refractivity contribution >= 4 is 27.8 Å². The minimum atomic E-state index is -0.777. The van der Waals surface area contributed by atoms with E-state index in [-0.39, 0.29) is 24.4 Å². The van der Waals surface area contributed by atoms with Crippen LogP contribution in [0, 0.1) is 5.92 Å². The fourth-order valence-corrected chi connectivity index (χ4v) is 2.77. The van der Waals surface area contributed by atoms with Crippen molar-refractivity contribution in [1.29, 1.82) is 0 Å². The lowest BCUT2D eigenvalue weighted by atomic mass is 10.1. The van der Waals surface area contributed by atoms with Gasteiger partial charge in [-0.05, 0) is 37.6 Å². The molecule has 6 heteroatoms. The Bertz CT molecular complexity index is 518. The summed E-state index contributed by atoms with van der Waals surface area (Å²) in [5.41, 5.74) is 1.04. The van der Waals surface area contributed by atoms with Crippen LogP contribution in [0.25, 0.3) is 0 Å². The standard InChI is InChI=1S/C15H19BrN2O3/c1-10(11-2-4-13(16)5-3-11)17-14(19)9-18-7-6-12(8-18)15(20)21/h2-5,10,12H,6-9H2,1H3,(H,17,19)(H,20,21)/t10-,12+/m1/s1. The Kier molecular flexibility index (Phi) is 5.36. The Morgan fingerprint density at radius 1 is 1.43 bits per heavy atom. The molecule has 1 saturated heterocycles. The number of amides is 1. The van der Waals surface area contributed by atoms with Gasteiger partial charge in [0, 0.05) is 11.0 Å². The third kappa shape index (κ3) is 4.54. The lowest BCUT2D eigenvalue weighted by molar-refractivity contribution is -0.141. The highest BCUT2D eigenvalue weighted by atomic mass is 79.9. The van der Waals surface area contributed by atoms with Crippen LogP contribution in [0.15, 0.2) is 28.7 Å². The van der Waals surface area contributed by atoms with E-state index in [1.165, 1.54) is 0 Å². The van der Waals surface area contributed by atoms with Crippen LogP contribution in [-0.4, -0.2) is 41.5 Å². The fourth-order valence-electron chi connectivity index (χ4n) is 2.50. The number of likely N-dealkylation sites (tertiary alicyclic amines) is 1. The minimum absolute atomic E-state index is 0.0662. The van der Waals surface area contributed by atoms with Gasteiger partial charge in [0.25, 0.3) is 0 Å². The Hall–Kier alpha value is -1.40. The second-order valence-electron chi connectivity index (χ2n) is 5.40. The molecule has 1 heterocycles. The van der Waals surface area contributed by atoms with Gasteiger partial charge in [0.1, 0.15) is 0 Å². The molecule has 1 aromatic rings. The van der Waals surface area contributed by atoms with Crippen molar-refractivity contribution in [3.8, 4) is 0 Å². The SMILES string of the molecule is C[C@@H](NC(=O)CN1CC[C@H](C(=O)O)C1)c1ccc(Br)cc1. The molecule has 1 aromatic carbocycles. The summed E-state index contributed by atoms with van der Waals surface area (Å²) in [7, 11) is 0. The van der Waals surface area contributed by atoms with Crippen LogP contribution in [0.2, 0.25) is 0 Å². The van der Waals surface area contributed by atoms with Crippen LogP contribution < -0.4 is 5.32 Å². The zero-order valence-electron chi connectivity index (χ0n) is 11.9. The summed E-state index contributed by atoms with van der Waals surface area (Å²) in [4.78, 5) is 24.8. The number of carbonyl (C=O) groups is 2. The van der Waals surface area contributed by atoms with Crippen molar-refractivity contribution in [2.45, 2.75) is 19.4 Å². The molecule has 21 heavy (non-hydrogen) atoms. The van der Waals surface area contributed by atoms with Crippen LogP contribution in [0.3, 0.4) is 0 Å². The molecule has 114 valence electrons. The Balaban J connectivity index is 1.82. The lowest BCUT2D eigenvalue weighted by Gasteiger charge is -2.18. The summed E-state index contributed by atoms with van der Waals surface area (Å²) in [6, 6.07) is 7.74. The van der Waals surface area contributed by atoms with E-state index in [2.05, 4.69) is 21.2 Å². The highest BCUT2D eigenvalue weighted by Crippen LogP contribution is 2.18. The Morgan fingerprint density at radius 3 is 2.67 bits per heavy atom. The fraction of sp³-hybridized carbons (Fsp3) is 0.467. The molecule has 0 saturated carbocycles. The van der Waals surface area contributed by atoms with Gasteiger partial charge >= 0.3 is 5.97 Å². The maximum absolute atomic E-state index is 12.0. The molecule has 1 aliphatic rings. The van der Waals surface area contributed by atoms with Gasteiger partial charge in [0.15, 0.2) is 0 Å². The molecule has 0 aromatic heterocycles. The van der Waals surface area contributed by atoms with E-state index in [0.717, 1.165) is 10.0 Å². The molecule has 0 radical (unpaired) electrons. The van der Waals surface area contributed by atoms with E-state index >= 15 is 0 Å². The smallest absolute Gasteiger partial charge is 0.307 e. The average molecular weight is 355 g/mol. The van der Waals surface area contributed by atoms with Gasteiger partial charge in [-0.1, -0.05) is 28.1 Å². The summed E-state index contributed by atoms with van der Waals surface area (Å²) < 4.78 is 1.00. The molecule has 0 unspecified atom stereocenters. The number of hydrogen-bond acceptors (Lipinski definition) is 3. The van der Waals surface area contributed by atoms with E-state index < -0.39 is 5.97 Å². The van der Waals surface area contributed by atoms with Gasteiger partial charge in [-0.15, -0.1) is 0 Å². The molecule has 1 fully saturated rings. The number of nitrogens with one attached hydrogen (secondary N) is 1. The molecule has 0 spiro atoms. The normalized spacial score (nSPS) is 20.2. The van der Waals surface area contributed by atoms with Gasteiger partial charge in [0.05, 0.1) is 18.5 Å². The molecule has 0 bridgehead atoms. The quantitative estimate of drug-likeness (QED) is 0.848. The van der Waals surface area contributed by atoms with Crippen LogP contribution in [-0.2, 0) is 9.59 Å². The van der Waals surface area contributed by atoms with Crippen molar-refractivity contribution in [3.05, 3.63) is 34.3 Å². The van der Waals surface area contributed by atoms with Crippen molar-refractivity contribution in [2.75, 3.05) is 19.6 Å². The third-order valence-corrected chi connectivity index (χ3v) is 4.26. The number of aliphatic carboxylic acids is 1. The minimum Gasteiger partial charge on any atom is -0.481 e. The topological polar surface area (TPSA) is 69.6 Å². The van der Waals surface area contributed by atoms with E-state index in [9.17, 15) is 9.59 Å². The van der Waals surface area contributed by atoms with Crippen molar-refractivity contribution in [2.24, 2.45) is 5.92 Å². The van der Waals surface area contributed by atoms with Gasteiger partial charge in [-0.2, -0.15) is 0 Å². The summed E-state index contributed by atoms with van der Waals surface area (Å²) in [6.45, 7) is 3.31. The van der Waals surface area contributed by atoms with Crippen LogP contribution in [0.5, 0.6) is 0 Å². The van der Waals surface area contributed by atoms with Crippen LogP contribution >= 0.6 is 15.9 Å². The maximum Gasteiger partial charge on any atom is 0.307 e. The molecule has 1 aliphatic heterocycles. The number of carboxylic acid groups (broad SMARTS) is 1. The third-order valence-electron chi connectivity index (χ3n) is 3.74. The summed E-state index contributed by atoms with van der Waals surface area (Å²) >= 11 is 3.38. The highest BCUT2D eigenvalue weighted by Gasteiger charge is 2.29. The first kappa shape index (κ1) is 16.0. The summed E-state index contributed by atoms with van der Waals surface area (Å²) in [6.07, 6.45) is 0.616. The van der Waals surface area contributed by atoms with Crippen molar-refractivity contribution in [1.82, 2.24) is 10.2 Å². The second kappa shape index (κ2) is 7.04. The molecule has 0 aliphatic carbocycles. The summed E-state index contributed by atoms with van der Waals surface area (Å²) in [5, 5.41) is 11.9. The first-order valence-electron chi connectivity index (χ1n) is 6.95. The number of benzene rings is 1. The molecule has 2 N–H and O–H groups in total. The maximum atomic E-state index is 12.0. The molecule has 2 rings (SSSR count). The zero-order chi connectivity index (χ0) is 15.4.